The highest BCUT2D eigenvalue weighted by molar-refractivity contribution is 6.30. The number of halogens is 2. The second kappa shape index (κ2) is 9.32. The minimum absolute atomic E-state index is 0.0155. The van der Waals surface area contributed by atoms with E-state index in [1.165, 1.54) is 22.8 Å². The van der Waals surface area contributed by atoms with Crippen LogP contribution in [0.2, 0.25) is 5.02 Å². The standard InChI is InChI=1S/C23H21ClFN5O2/c1-15(12-21(31)26-14-16-5-7-17(24)8-6-16)11-20-27-28-22-23(32)29(9-10-30(20)22)19-4-2-3-18(25)13-19/h2-10,13,15H,11-12,14H2,1H3,(H,26,31)/t15-/m0/s1. The molecule has 0 saturated carbocycles. The lowest BCUT2D eigenvalue weighted by Gasteiger charge is -2.11. The molecule has 0 aliphatic rings. The van der Waals surface area contributed by atoms with Crippen molar-refractivity contribution in [1.82, 2.24) is 24.5 Å². The fraction of sp³-hybridized carbons (Fsp3) is 0.217. The van der Waals surface area contributed by atoms with Gasteiger partial charge in [-0.25, -0.2) is 4.39 Å². The summed E-state index contributed by atoms with van der Waals surface area (Å²) in [4.78, 5) is 25.1. The predicted octanol–water partition coefficient (Wildman–Crippen LogP) is 3.56. The Morgan fingerprint density at radius 1 is 1.16 bits per heavy atom. The van der Waals surface area contributed by atoms with Gasteiger partial charge in [0.05, 0.1) is 5.69 Å². The Kier molecular flexibility index (Phi) is 6.32. The third kappa shape index (κ3) is 4.86. The van der Waals surface area contributed by atoms with Crippen molar-refractivity contribution in [2.24, 2.45) is 5.92 Å². The molecule has 0 unspecified atom stereocenters. The second-order valence-corrected chi connectivity index (χ2v) is 8.12. The van der Waals surface area contributed by atoms with Gasteiger partial charge in [-0.3, -0.25) is 18.6 Å². The van der Waals surface area contributed by atoms with E-state index >= 15 is 0 Å². The van der Waals surface area contributed by atoms with Gasteiger partial charge in [-0.05, 0) is 41.8 Å². The van der Waals surface area contributed by atoms with Gasteiger partial charge in [-0.1, -0.05) is 36.7 Å². The van der Waals surface area contributed by atoms with E-state index in [0.29, 0.717) is 35.9 Å². The number of carbonyl (C=O) groups excluding carboxylic acids is 1. The SMILES string of the molecule is C[C@H](CC(=O)NCc1ccc(Cl)cc1)Cc1nnc2c(=O)n(-c3cccc(F)c3)ccn12. The number of amides is 1. The van der Waals surface area contributed by atoms with Crippen molar-refractivity contribution in [3.05, 3.63) is 93.5 Å². The lowest BCUT2D eigenvalue weighted by atomic mass is 10.0. The average Bonchev–Trinajstić information content (AvgIpc) is 3.17. The second-order valence-electron chi connectivity index (χ2n) is 7.68. The molecule has 1 amide bonds. The van der Waals surface area contributed by atoms with Gasteiger partial charge in [0.15, 0.2) is 0 Å². The van der Waals surface area contributed by atoms with Crippen LogP contribution < -0.4 is 10.9 Å². The van der Waals surface area contributed by atoms with Crippen LogP contribution in [0.15, 0.2) is 65.7 Å². The molecule has 9 heteroatoms. The molecule has 1 atom stereocenters. The van der Waals surface area contributed by atoms with E-state index in [1.54, 1.807) is 35.0 Å². The van der Waals surface area contributed by atoms with Crippen LogP contribution in [0.25, 0.3) is 11.3 Å². The van der Waals surface area contributed by atoms with Crippen LogP contribution in [-0.2, 0) is 17.8 Å². The Labute approximate surface area is 188 Å². The van der Waals surface area contributed by atoms with Crippen LogP contribution in [0.1, 0.15) is 24.7 Å². The molecule has 0 saturated heterocycles. The summed E-state index contributed by atoms with van der Waals surface area (Å²) < 4.78 is 16.5. The minimum atomic E-state index is -0.431. The molecular formula is C23H21ClFN5O2. The summed E-state index contributed by atoms with van der Waals surface area (Å²) in [6.07, 6.45) is 4.01. The highest BCUT2D eigenvalue weighted by Gasteiger charge is 2.16. The smallest absolute Gasteiger partial charge is 0.300 e. The summed E-state index contributed by atoms with van der Waals surface area (Å²) >= 11 is 5.87. The average molecular weight is 454 g/mol. The highest BCUT2D eigenvalue weighted by atomic mass is 35.5. The maximum atomic E-state index is 13.5. The Hall–Kier alpha value is -3.52. The van der Waals surface area contributed by atoms with Crippen LogP contribution in [0.4, 0.5) is 4.39 Å². The lowest BCUT2D eigenvalue weighted by Crippen LogP contribution is -2.25. The van der Waals surface area contributed by atoms with E-state index in [9.17, 15) is 14.0 Å². The first-order valence-electron chi connectivity index (χ1n) is 10.1. The van der Waals surface area contributed by atoms with E-state index in [4.69, 9.17) is 11.6 Å². The Bertz CT molecular complexity index is 1320. The summed E-state index contributed by atoms with van der Waals surface area (Å²) in [5.74, 6) is 0.0640. The largest absolute Gasteiger partial charge is 0.352 e. The third-order valence-corrected chi connectivity index (χ3v) is 5.35. The number of hydrogen-bond donors (Lipinski definition) is 1. The fourth-order valence-electron chi connectivity index (χ4n) is 3.48. The summed E-state index contributed by atoms with van der Waals surface area (Å²) in [5, 5.41) is 11.7. The van der Waals surface area contributed by atoms with Gasteiger partial charge in [-0.15, -0.1) is 10.2 Å². The van der Waals surface area contributed by atoms with E-state index in [2.05, 4.69) is 15.5 Å². The van der Waals surface area contributed by atoms with Gasteiger partial charge in [-0.2, -0.15) is 0 Å². The molecule has 164 valence electrons. The van der Waals surface area contributed by atoms with E-state index in [0.717, 1.165) is 5.56 Å². The van der Waals surface area contributed by atoms with Crippen LogP contribution in [0.5, 0.6) is 0 Å². The van der Waals surface area contributed by atoms with Crippen LogP contribution >= 0.6 is 11.6 Å². The molecule has 4 rings (SSSR count). The van der Waals surface area contributed by atoms with E-state index < -0.39 is 11.4 Å². The molecule has 0 radical (unpaired) electrons. The topological polar surface area (TPSA) is 81.3 Å². The Morgan fingerprint density at radius 3 is 2.69 bits per heavy atom. The van der Waals surface area contributed by atoms with Crippen LogP contribution in [0, 0.1) is 11.7 Å². The monoisotopic (exact) mass is 453 g/mol. The van der Waals surface area contributed by atoms with Crippen molar-refractivity contribution in [3.63, 3.8) is 0 Å². The first-order valence-corrected chi connectivity index (χ1v) is 10.5. The molecule has 0 fully saturated rings. The first kappa shape index (κ1) is 21.7. The molecule has 2 heterocycles. The van der Waals surface area contributed by atoms with Crippen LogP contribution in [-0.4, -0.2) is 25.1 Å². The van der Waals surface area contributed by atoms with Gasteiger partial charge < -0.3 is 5.32 Å². The molecule has 0 bridgehead atoms. The lowest BCUT2D eigenvalue weighted by molar-refractivity contribution is -0.122. The van der Waals surface area contributed by atoms with Gasteiger partial charge in [0, 0.05) is 36.8 Å². The number of carbonyl (C=O) groups is 1. The van der Waals surface area contributed by atoms with Crippen molar-refractivity contribution in [3.8, 4) is 5.69 Å². The number of nitrogens with one attached hydrogen (secondary N) is 1. The quantitative estimate of drug-likeness (QED) is 0.464. The summed E-state index contributed by atoms with van der Waals surface area (Å²) in [6.45, 7) is 2.37. The van der Waals surface area contributed by atoms with Gasteiger partial charge in [0.1, 0.15) is 11.6 Å². The molecule has 2 aromatic heterocycles. The van der Waals surface area contributed by atoms with Crippen molar-refractivity contribution in [1.29, 1.82) is 0 Å². The maximum Gasteiger partial charge on any atom is 0.300 e. The summed E-state index contributed by atoms with van der Waals surface area (Å²) in [5.41, 5.74) is 1.12. The Morgan fingerprint density at radius 2 is 1.94 bits per heavy atom. The number of aromatic nitrogens is 4. The number of fused-ring (bicyclic) bond motifs is 1. The molecule has 7 nitrogen and oxygen atoms in total. The zero-order valence-electron chi connectivity index (χ0n) is 17.3. The summed E-state index contributed by atoms with van der Waals surface area (Å²) in [7, 11) is 0. The predicted molar refractivity (Wildman–Crippen MR) is 119 cm³/mol. The molecule has 32 heavy (non-hydrogen) atoms. The van der Waals surface area contributed by atoms with Gasteiger partial charge in [0.25, 0.3) is 0 Å². The molecule has 0 spiro atoms. The molecule has 0 aliphatic carbocycles. The van der Waals surface area contributed by atoms with Gasteiger partial charge in [0.2, 0.25) is 11.6 Å². The van der Waals surface area contributed by atoms with Crippen molar-refractivity contribution < 1.29 is 9.18 Å². The number of benzene rings is 2. The first-order chi connectivity index (χ1) is 15.4. The number of hydrogen-bond acceptors (Lipinski definition) is 4. The summed E-state index contributed by atoms with van der Waals surface area (Å²) in [6, 6.07) is 13.1. The molecular weight excluding hydrogens is 433 g/mol. The third-order valence-electron chi connectivity index (χ3n) is 5.10. The number of nitrogens with zero attached hydrogens (tertiary/aromatic N) is 4. The molecule has 2 aromatic carbocycles. The molecule has 1 N–H and O–H groups in total. The zero-order valence-corrected chi connectivity index (χ0v) is 18.1. The van der Waals surface area contributed by atoms with E-state index in [1.807, 2.05) is 19.1 Å². The minimum Gasteiger partial charge on any atom is -0.352 e. The maximum absolute atomic E-state index is 13.5. The Balaban J connectivity index is 1.42. The van der Waals surface area contributed by atoms with Crippen molar-refractivity contribution in [2.75, 3.05) is 0 Å². The molecule has 0 aliphatic heterocycles. The van der Waals surface area contributed by atoms with Crippen LogP contribution in [0.3, 0.4) is 0 Å². The fourth-order valence-corrected chi connectivity index (χ4v) is 3.60. The molecule has 4 aromatic rings. The zero-order chi connectivity index (χ0) is 22.7. The van der Waals surface area contributed by atoms with Gasteiger partial charge >= 0.3 is 5.56 Å². The van der Waals surface area contributed by atoms with Crippen molar-refractivity contribution >= 4 is 23.2 Å². The number of rotatable bonds is 7. The van der Waals surface area contributed by atoms with Crippen molar-refractivity contribution in [2.45, 2.75) is 26.3 Å². The normalized spacial score (nSPS) is 12.1. The highest BCUT2D eigenvalue weighted by Crippen LogP contribution is 2.13. The van der Waals surface area contributed by atoms with E-state index in [-0.39, 0.29) is 17.5 Å².